The number of para-hydroxylation sites is 1. The third-order valence-corrected chi connectivity index (χ3v) is 4.18. The molecule has 0 atom stereocenters. The summed E-state index contributed by atoms with van der Waals surface area (Å²) < 4.78 is 0.0246. The first-order valence-corrected chi connectivity index (χ1v) is 9.12. The maximum Gasteiger partial charge on any atom is 0.415 e. The van der Waals surface area contributed by atoms with Gasteiger partial charge in [-0.25, -0.2) is 0 Å². The summed E-state index contributed by atoms with van der Waals surface area (Å²) in [5.41, 5.74) is 3.60. The summed E-state index contributed by atoms with van der Waals surface area (Å²) in [5.74, 6) is 0. The summed E-state index contributed by atoms with van der Waals surface area (Å²) in [6.45, 7) is 6.71. The summed E-state index contributed by atoms with van der Waals surface area (Å²) in [5, 5.41) is 0. The van der Waals surface area contributed by atoms with Crippen molar-refractivity contribution in [2.24, 2.45) is 5.41 Å². The highest BCUT2D eigenvalue weighted by Gasteiger charge is 2.29. The Balaban J connectivity index is 2.54. The molecule has 0 aliphatic heterocycles. The Bertz CT molecular complexity index is 619. The Morgan fingerprint density at radius 2 is 1.41 bits per heavy atom. The smallest absolute Gasteiger partial charge is 0.369 e. The zero-order chi connectivity index (χ0) is 16.2. The third-order valence-electron chi connectivity index (χ3n) is 3.36. The fraction of sp³-hybridized carbons (Fsp3) is 0.222. The van der Waals surface area contributed by atoms with Gasteiger partial charge in [-0.05, 0) is 23.8 Å². The number of benzene rings is 2. The Labute approximate surface area is 150 Å². The minimum absolute atomic E-state index is 0.00543. The zero-order valence-electron chi connectivity index (χ0n) is 13.1. The van der Waals surface area contributed by atoms with E-state index in [0.29, 0.717) is 0 Å². The van der Waals surface area contributed by atoms with Gasteiger partial charge in [-0.3, -0.25) is 0 Å². The lowest BCUT2D eigenvalue weighted by Crippen LogP contribution is -2.35. The molecule has 0 bridgehead atoms. The van der Waals surface area contributed by atoms with Crippen LogP contribution in [-0.4, -0.2) is 4.50 Å². The van der Waals surface area contributed by atoms with Gasteiger partial charge in [0, 0.05) is 16.8 Å². The van der Waals surface area contributed by atoms with Crippen molar-refractivity contribution in [3.8, 4) is 0 Å². The number of hydrogen-bond acceptors (Lipinski definition) is 1. The molecule has 2 rings (SSSR count). The van der Waals surface area contributed by atoms with E-state index >= 15 is 0 Å². The van der Waals surface area contributed by atoms with Gasteiger partial charge in [-0.1, -0.05) is 69.3 Å². The molecule has 2 aromatic carbocycles. The van der Waals surface area contributed by atoms with E-state index in [2.05, 4.69) is 112 Å². The molecule has 0 unspecified atom stereocenters. The zero-order valence-corrected chi connectivity index (χ0v) is 16.3. The van der Waals surface area contributed by atoms with Crippen LogP contribution in [0.25, 0.3) is 6.08 Å². The highest BCUT2D eigenvalue weighted by Crippen LogP contribution is 2.36. The third kappa shape index (κ3) is 4.50. The van der Waals surface area contributed by atoms with Crippen LogP contribution in [0.3, 0.4) is 0 Å². The molecule has 0 fully saturated rings. The fourth-order valence-electron chi connectivity index (χ4n) is 2.30. The minimum atomic E-state index is 0.00543. The number of hydrogen-bond donors (Lipinski definition) is 0. The maximum atomic E-state index is 3.69. The molecular formula is C18H20BBr2N. The lowest BCUT2D eigenvalue weighted by Gasteiger charge is -2.36. The van der Waals surface area contributed by atoms with Gasteiger partial charge in [0.1, 0.15) is 0 Å². The van der Waals surface area contributed by atoms with Gasteiger partial charge in [0.05, 0.1) is 0 Å². The Hall–Kier alpha value is -0.995. The van der Waals surface area contributed by atoms with E-state index in [-0.39, 0.29) is 9.91 Å². The van der Waals surface area contributed by atoms with Gasteiger partial charge in [-0.2, -0.15) is 0 Å². The predicted molar refractivity (Wildman–Crippen MR) is 106 cm³/mol. The standard InChI is InChI=1S/C18H20BBr2N/c1-18(2,3)17(14-15-10-6-4-7-11-15)22(19(20)21)16-12-8-5-9-13-16/h4-14H,1-3H3/b17-14-. The van der Waals surface area contributed by atoms with Crippen molar-refractivity contribution in [1.29, 1.82) is 0 Å². The Morgan fingerprint density at radius 3 is 1.86 bits per heavy atom. The lowest BCUT2D eigenvalue weighted by molar-refractivity contribution is 0.502. The topological polar surface area (TPSA) is 3.24 Å². The van der Waals surface area contributed by atoms with Gasteiger partial charge in [0.2, 0.25) is 0 Å². The van der Waals surface area contributed by atoms with E-state index in [0.717, 1.165) is 5.69 Å². The van der Waals surface area contributed by atoms with Crippen molar-refractivity contribution in [2.45, 2.75) is 20.8 Å². The van der Waals surface area contributed by atoms with Crippen LogP contribution < -0.4 is 4.81 Å². The van der Waals surface area contributed by atoms with Gasteiger partial charge in [-0.15, -0.1) is 31.5 Å². The molecule has 1 nitrogen and oxygen atoms in total. The first-order chi connectivity index (χ1) is 10.4. The highest BCUT2D eigenvalue weighted by molar-refractivity contribution is 9.49. The largest absolute Gasteiger partial charge is 0.415 e. The SMILES string of the molecule is CC(C)(C)/C(=C/c1ccccc1)N(B(Br)Br)c1ccccc1. The fourth-order valence-corrected chi connectivity index (χ4v) is 3.21. The van der Waals surface area contributed by atoms with Crippen LogP contribution in [-0.2, 0) is 0 Å². The summed E-state index contributed by atoms with van der Waals surface area (Å²) >= 11 is 7.37. The molecule has 4 heteroatoms. The van der Waals surface area contributed by atoms with E-state index < -0.39 is 0 Å². The molecule has 0 amide bonds. The van der Waals surface area contributed by atoms with E-state index in [4.69, 9.17) is 0 Å². The van der Waals surface area contributed by atoms with E-state index in [9.17, 15) is 0 Å². The van der Waals surface area contributed by atoms with Gasteiger partial charge in [0.25, 0.3) is 0 Å². The van der Waals surface area contributed by atoms with Gasteiger partial charge < -0.3 is 4.81 Å². The number of allylic oxidation sites excluding steroid dienone is 1. The molecule has 22 heavy (non-hydrogen) atoms. The van der Waals surface area contributed by atoms with Crippen LogP contribution in [0, 0.1) is 5.41 Å². The molecular weight excluding hydrogens is 401 g/mol. The number of rotatable bonds is 4. The van der Waals surface area contributed by atoms with Crippen LogP contribution in [0.4, 0.5) is 5.69 Å². The summed E-state index contributed by atoms with van der Waals surface area (Å²) in [7, 11) is 0. The normalized spacial score (nSPS) is 12.1. The summed E-state index contributed by atoms with van der Waals surface area (Å²) in [4.78, 5) is 2.27. The first kappa shape index (κ1) is 17.4. The van der Waals surface area contributed by atoms with Crippen molar-refractivity contribution >= 4 is 47.8 Å². The molecule has 0 heterocycles. The second kappa shape index (κ2) is 7.52. The van der Waals surface area contributed by atoms with Crippen molar-refractivity contribution in [1.82, 2.24) is 0 Å². The van der Waals surface area contributed by atoms with Crippen molar-refractivity contribution < 1.29 is 0 Å². The number of anilines is 1. The predicted octanol–water partition coefficient (Wildman–Crippen LogP) is 6.35. The quantitative estimate of drug-likeness (QED) is 0.520. The lowest BCUT2D eigenvalue weighted by atomic mass is 9.87. The van der Waals surface area contributed by atoms with Crippen LogP contribution in [0.2, 0.25) is 0 Å². The highest BCUT2D eigenvalue weighted by atomic mass is 79.9. The molecule has 0 aliphatic carbocycles. The maximum absolute atomic E-state index is 3.69. The minimum Gasteiger partial charge on any atom is -0.369 e. The average molecular weight is 421 g/mol. The van der Waals surface area contributed by atoms with Crippen LogP contribution >= 0.6 is 31.5 Å². The van der Waals surface area contributed by atoms with Crippen LogP contribution in [0.1, 0.15) is 26.3 Å². The molecule has 0 saturated heterocycles. The molecule has 0 N–H and O–H groups in total. The molecule has 0 spiro atoms. The monoisotopic (exact) mass is 419 g/mol. The molecule has 2 aromatic rings. The second-order valence-corrected chi connectivity index (χ2v) is 9.14. The van der Waals surface area contributed by atoms with Gasteiger partial charge in [0.15, 0.2) is 0 Å². The second-order valence-electron chi connectivity index (χ2n) is 6.17. The van der Waals surface area contributed by atoms with Crippen molar-refractivity contribution in [3.05, 3.63) is 71.9 Å². The van der Waals surface area contributed by atoms with E-state index in [1.54, 1.807) is 0 Å². The van der Waals surface area contributed by atoms with Crippen LogP contribution in [0.15, 0.2) is 66.4 Å². The molecule has 114 valence electrons. The summed E-state index contributed by atoms with van der Waals surface area (Å²) in [6.07, 6.45) is 2.25. The van der Waals surface area contributed by atoms with E-state index in [1.807, 2.05) is 12.1 Å². The Kier molecular flexibility index (Phi) is 5.93. The first-order valence-electron chi connectivity index (χ1n) is 7.29. The molecule has 0 aromatic heterocycles. The molecule has 0 radical (unpaired) electrons. The van der Waals surface area contributed by atoms with Gasteiger partial charge >= 0.3 is 4.50 Å². The summed E-state index contributed by atoms with van der Waals surface area (Å²) in [6, 6.07) is 20.9. The van der Waals surface area contributed by atoms with Crippen LogP contribution in [0.5, 0.6) is 0 Å². The molecule has 0 saturated carbocycles. The number of halogens is 2. The van der Waals surface area contributed by atoms with Crippen molar-refractivity contribution in [2.75, 3.05) is 4.81 Å². The number of nitrogens with zero attached hydrogens (tertiary/aromatic N) is 1. The average Bonchev–Trinajstić information content (AvgIpc) is 2.47. The Morgan fingerprint density at radius 1 is 0.909 bits per heavy atom. The molecule has 0 aliphatic rings. The van der Waals surface area contributed by atoms with E-state index in [1.165, 1.54) is 11.3 Å². The van der Waals surface area contributed by atoms with Crippen molar-refractivity contribution in [3.63, 3.8) is 0 Å².